The normalized spacial score (nSPS) is 14.4. The van der Waals surface area contributed by atoms with Gasteiger partial charge in [-0.3, -0.25) is 14.4 Å². The third kappa shape index (κ3) is 4.94. The average Bonchev–Trinajstić information content (AvgIpc) is 2.69. The Kier molecular flexibility index (Phi) is 6.03. The smallest absolute Gasteiger partial charge is 0.312 e. The summed E-state index contributed by atoms with van der Waals surface area (Å²) >= 11 is 0. The van der Waals surface area contributed by atoms with Gasteiger partial charge in [-0.05, 0) is 30.2 Å². The van der Waals surface area contributed by atoms with Crippen molar-refractivity contribution < 1.29 is 18.8 Å². The number of piperazine rings is 1. The Morgan fingerprint density at radius 3 is 2.18 bits per heavy atom. The summed E-state index contributed by atoms with van der Waals surface area (Å²) in [5.41, 5.74) is 2.84. The molecule has 0 unspecified atom stereocenters. The summed E-state index contributed by atoms with van der Waals surface area (Å²) in [6.45, 7) is 3.04. The molecule has 0 aliphatic carbocycles. The minimum Gasteiger partial charge on any atom is -0.350 e. The van der Waals surface area contributed by atoms with Crippen molar-refractivity contribution in [3.8, 4) is 0 Å². The summed E-state index contributed by atoms with van der Waals surface area (Å²) in [5.74, 6) is -2.01. The lowest BCUT2D eigenvalue weighted by Crippen LogP contribution is -2.55. The number of amides is 3. The highest BCUT2D eigenvalue weighted by Gasteiger charge is 2.33. The van der Waals surface area contributed by atoms with Crippen LogP contribution in [0.1, 0.15) is 16.7 Å². The molecule has 6 nitrogen and oxygen atoms in total. The molecule has 1 aliphatic rings. The Balaban J connectivity index is 1.50. The molecule has 3 rings (SSSR count). The molecule has 1 fully saturated rings. The van der Waals surface area contributed by atoms with Gasteiger partial charge >= 0.3 is 11.8 Å². The second-order valence-corrected chi connectivity index (χ2v) is 6.84. The molecule has 0 spiro atoms. The van der Waals surface area contributed by atoms with Gasteiger partial charge in [0.25, 0.3) is 0 Å². The number of benzene rings is 2. The van der Waals surface area contributed by atoms with E-state index in [9.17, 15) is 18.8 Å². The van der Waals surface area contributed by atoms with Crippen LogP contribution < -0.4 is 5.32 Å². The first-order chi connectivity index (χ1) is 13.4. The highest BCUT2D eigenvalue weighted by Crippen LogP contribution is 2.11. The molecular formula is C21H22FN3O3. The van der Waals surface area contributed by atoms with Gasteiger partial charge < -0.3 is 15.1 Å². The molecule has 0 bridgehead atoms. The Hall–Kier alpha value is -3.22. The number of carbonyl (C=O) groups excluding carboxylic acids is 3. The van der Waals surface area contributed by atoms with E-state index in [-0.39, 0.29) is 31.4 Å². The van der Waals surface area contributed by atoms with E-state index in [4.69, 9.17) is 0 Å². The monoisotopic (exact) mass is 383 g/mol. The Morgan fingerprint density at radius 1 is 0.929 bits per heavy atom. The number of aryl methyl sites for hydroxylation is 1. The summed E-state index contributed by atoms with van der Waals surface area (Å²) in [6, 6.07) is 13.6. The summed E-state index contributed by atoms with van der Waals surface area (Å²) in [4.78, 5) is 39.5. The molecule has 28 heavy (non-hydrogen) atoms. The van der Waals surface area contributed by atoms with Gasteiger partial charge in [-0.2, -0.15) is 0 Å². The van der Waals surface area contributed by atoms with Crippen molar-refractivity contribution in [2.45, 2.75) is 20.0 Å². The average molecular weight is 383 g/mol. The molecule has 1 N–H and O–H groups in total. The SMILES string of the molecule is Cc1ccc(CNC(=O)CN2CCN(Cc3ccc(F)cc3)C(=O)C2=O)cc1. The van der Waals surface area contributed by atoms with Gasteiger partial charge in [-0.1, -0.05) is 42.0 Å². The van der Waals surface area contributed by atoms with E-state index in [1.165, 1.54) is 21.9 Å². The van der Waals surface area contributed by atoms with Gasteiger partial charge in [0.2, 0.25) is 5.91 Å². The van der Waals surface area contributed by atoms with Crippen molar-refractivity contribution in [3.63, 3.8) is 0 Å². The number of hydrogen-bond donors (Lipinski definition) is 1. The molecule has 1 heterocycles. The van der Waals surface area contributed by atoms with Crippen molar-refractivity contribution in [2.75, 3.05) is 19.6 Å². The van der Waals surface area contributed by atoms with E-state index in [1.54, 1.807) is 12.1 Å². The predicted molar refractivity (Wildman–Crippen MR) is 101 cm³/mol. The van der Waals surface area contributed by atoms with E-state index >= 15 is 0 Å². The van der Waals surface area contributed by atoms with Crippen LogP contribution in [0.15, 0.2) is 48.5 Å². The molecular weight excluding hydrogens is 361 g/mol. The van der Waals surface area contributed by atoms with Gasteiger partial charge in [-0.15, -0.1) is 0 Å². The highest BCUT2D eigenvalue weighted by atomic mass is 19.1. The van der Waals surface area contributed by atoms with E-state index in [1.807, 2.05) is 31.2 Å². The Labute approximate surface area is 162 Å². The molecule has 3 amide bonds. The van der Waals surface area contributed by atoms with Crippen molar-refractivity contribution in [3.05, 3.63) is 71.0 Å². The number of nitrogens with zero attached hydrogens (tertiary/aromatic N) is 2. The fraction of sp³-hybridized carbons (Fsp3) is 0.286. The van der Waals surface area contributed by atoms with Crippen molar-refractivity contribution in [1.29, 1.82) is 0 Å². The quantitative estimate of drug-likeness (QED) is 0.771. The maximum atomic E-state index is 13.0. The first kappa shape index (κ1) is 19.5. The van der Waals surface area contributed by atoms with Crippen LogP contribution in [0.5, 0.6) is 0 Å². The van der Waals surface area contributed by atoms with E-state index < -0.39 is 11.8 Å². The largest absolute Gasteiger partial charge is 0.350 e. The first-order valence-corrected chi connectivity index (χ1v) is 9.07. The number of halogens is 1. The minimum atomic E-state index is -0.696. The van der Waals surface area contributed by atoms with Crippen LogP contribution in [-0.2, 0) is 27.5 Å². The van der Waals surface area contributed by atoms with Crippen LogP contribution in [-0.4, -0.2) is 47.2 Å². The van der Waals surface area contributed by atoms with Gasteiger partial charge in [0, 0.05) is 26.2 Å². The Bertz CT molecular complexity index is 865. The molecule has 2 aromatic carbocycles. The predicted octanol–water partition coefficient (Wildman–Crippen LogP) is 1.62. The van der Waals surface area contributed by atoms with E-state index in [2.05, 4.69) is 5.32 Å². The van der Waals surface area contributed by atoms with Crippen LogP contribution in [0, 0.1) is 12.7 Å². The number of carbonyl (C=O) groups is 3. The molecule has 0 atom stereocenters. The lowest BCUT2D eigenvalue weighted by molar-refractivity contribution is -0.157. The first-order valence-electron chi connectivity index (χ1n) is 9.07. The topological polar surface area (TPSA) is 69.7 Å². The van der Waals surface area contributed by atoms with Gasteiger partial charge in [0.05, 0.1) is 0 Å². The van der Waals surface area contributed by atoms with Gasteiger partial charge in [0.1, 0.15) is 12.4 Å². The summed E-state index contributed by atoms with van der Waals surface area (Å²) in [6.07, 6.45) is 0. The van der Waals surface area contributed by atoms with Gasteiger partial charge in [0.15, 0.2) is 0 Å². The molecule has 146 valence electrons. The zero-order valence-corrected chi connectivity index (χ0v) is 15.7. The molecule has 0 radical (unpaired) electrons. The van der Waals surface area contributed by atoms with Crippen LogP contribution in [0.25, 0.3) is 0 Å². The molecule has 0 saturated carbocycles. The van der Waals surface area contributed by atoms with E-state index in [0.717, 1.165) is 16.7 Å². The zero-order valence-electron chi connectivity index (χ0n) is 15.7. The standard InChI is InChI=1S/C21H22FN3O3/c1-15-2-4-16(5-3-15)12-23-19(26)14-25-11-10-24(20(27)21(25)28)13-17-6-8-18(22)9-7-17/h2-9H,10-14H2,1H3,(H,23,26). The number of rotatable bonds is 6. The maximum Gasteiger partial charge on any atom is 0.312 e. The van der Waals surface area contributed by atoms with Crippen LogP contribution in [0.3, 0.4) is 0 Å². The molecule has 1 aliphatic heterocycles. The third-order valence-electron chi connectivity index (χ3n) is 4.63. The maximum absolute atomic E-state index is 13.0. The lowest BCUT2D eigenvalue weighted by Gasteiger charge is -2.33. The van der Waals surface area contributed by atoms with Crippen molar-refractivity contribution in [2.24, 2.45) is 0 Å². The molecule has 1 saturated heterocycles. The minimum absolute atomic E-state index is 0.152. The Morgan fingerprint density at radius 2 is 1.50 bits per heavy atom. The molecule has 7 heteroatoms. The number of nitrogens with one attached hydrogen (secondary N) is 1. The summed E-state index contributed by atoms with van der Waals surface area (Å²) < 4.78 is 13.0. The van der Waals surface area contributed by atoms with E-state index in [0.29, 0.717) is 13.1 Å². The lowest BCUT2D eigenvalue weighted by atomic mass is 10.1. The van der Waals surface area contributed by atoms with Crippen molar-refractivity contribution >= 4 is 17.7 Å². The van der Waals surface area contributed by atoms with Crippen LogP contribution in [0.2, 0.25) is 0 Å². The van der Waals surface area contributed by atoms with Gasteiger partial charge in [-0.25, -0.2) is 4.39 Å². The molecule has 0 aromatic heterocycles. The second kappa shape index (κ2) is 8.65. The summed E-state index contributed by atoms with van der Waals surface area (Å²) in [5, 5.41) is 2.76. The fourth-order valence-electron chi connectivity index (χ4n) is 2.96. The van der Waals surface area contributed by atoms with Crippen molar-refractivity contribution in [1.82, 2.24) is 15.1 Å². The fourth-order valence-corrected chi connectivity index (χ4v) is 2.96. The zero-order chi connectivity index (χ0) is 20.1. The third-order valence-corrected chi connectivity index (χ3v) is 4.63. The highest BCUT2D eigenvalue weighted by molar-refractivity contribution is 6.35. The molecule has 2 aromatic rings. The van der Waals surface area contributed by atoms with Crippen LogP contribution in [0.4, 0.5) is 4.39 Å². The van der Waals surface area contributed by atoms with Crippen LogP contribution >= 0.6 is 0 Å². The second-order valence-electron chi connectivity index (χ2n) is 6.84. The summed E-state index contributed by atoms with van der Waals surface area (Å²) in [7, 11) is 0. The number of hydrogen-bond acceptors (Lipinski definition) is 3.